The number of quaternary nitrogens is 1. The van der Waals surface area contributed by atoms with Crippen molar-refractivity contribution in [3.8, 4) is 0 Å². The van der Waals surface area contributed by atoms with Crippen molar-refractivity contribution in [2.45, 2.75) is 63.3 Å². The number of unbranched alkanes of at least 4 members (excludes halogenated alkanes) is 3. The zero-order valence-electron chi connectivity index (χ0n) is 19.5. The first kappa shape index (κ1) is 29.4. The molecule has 1 saturated heterocycles. The lowest BCUT2D eigenvalue weighted by Crippen LogP contribution is -2.64. The van der Waals surface area contributed by atoms with Crippen molar-refractivity contribution >= 4 is 13.7 Å². The maximum absolute atomic E-state index is 12.1. The molecule has 1 unspecified atom stereocenters. The molecule has 6 atom stereocenters. The summed E-state index contributed by atoms with van der Waals surface area (Å²) in [5.74, 6) is -0.429. The van der Waals surface area contributed by atoms with E-state index in [4.69, 9.17) is 24.3 Å². The molecule has 1 amide bonds. The van der Waals surface area contributed by atoms with E-state index in [-0.39, 0.29) is 6.61 Å². The van der Waals surface area contributed by atoms with E-state index in [0.717, 1.165) is 25.7 Å². The Morgan fingerprint density at radius 2 is 1.75 bits per heavy atom. The van der Waals surface area contributed by atoms with E-state index in [2.05, 4.69) is 5.32 Å². The number of nitrogens with two attached hydrogens (primary N) is 1. The molecule has 1 aliphatic rings. The molecule has 13 heteroatoms. The SMILES string of the molecule is CC(=O)N[C@H]1[C@H](OCCCCCCN)O[C@H](COP(=O)(O)OCC[N+](C)(C)C)[C@H](O)[C@@H]1O. The number of aliphatic hydroxyl groups is 2. The summed E-state index contributed by atoms with van der Waals surface area (Å²) >= 11 is 0. The molecular formula is C19H41N3O9P+. The molecule has 0 spiro atoms. The fraction of sp³-hybridized carbons (Fsp3) is 0.947. The lowest BCUT2D eigenvalue weighted by molar-refractivity contribution is -0.870. The second-order valence-electron chi connectivity index (χ2n) is 8.94. The van der Waals surface area contributed by atoms with Crippen molar-refractivity contribution in [2.24, 2.45) is 5.73 Å². The number of nitrogens with one attached hydrogen (secondary N) is 1. The van der Waals surface area contributed by atoms with Crippen LogP contribution in [0, 0.1) is 0 Å². The molecule has 0 aromatic carbocycles. The first-order chi connectivity index (χ1) is 14.9. The van der Waals surface area contributed by atoms with Gasteiger partial charge in [0.15, 0.2) is 6.29 Å². The van der Waals surface area contributed by atoms with Crippen LogP contribution in [-0.4, -0.2) is 110 Å². The minimum absolute atomic E-state index is 0.00548. The van der Waals surface area contributed by atoms with Gasteiger partial charge in [-0.2, -0.15) is 0 Å². The Morgan fingerprint density at radius 1 is 1.09 bits per heavy atom. The van der Waals surface area contributed by atoms with Crippen molar-refractivity contribution < 1.29 is 47.5 Å². The minimum atomic E-state index is -4.39. The second-order valence-corrected chi connectivity index (χ2v) is 10.4. The van der Waals surface area contributed by atoms with E-state index in [0.29, 0.717) is 24.2 Å². The molecule has 1 rings (SSSR count). The number of carbonyl (C=O) groups excluding carboxylic acids is 1. The van der Waals surface area contributed by atoms with Crippen LogP contribution in [0.5, 0.6) is 0 Å². The molecule has 0 saturated carbocycles. The molecule has 190 valence electrons. The normalized spacial score (nSPS) is 28.3. The Hall–Kier alpha value is -0.660. The van der Waals surface area contributed by atoms with Crippen molar-refractivity contribution in [2.75, 3.05) is 54.1 Å². The molecule has 6 N–H and O–H groups in total. The van der Waals surface area contributed by atoms with Crippen LogP contribution < -0.4 is 11.1 Å². The summed E-state index contributed by atoms with van der Waals surface area (Å²) in [6.45, 7) is 2.15. The van der Waals surface area contributed by atoms with Gasteiger partial charge in [-0.3, -0.25) is 13.8 Å². The van der Waals surface area contributed by atoms with Gasteiger partial charge in [0.2, 0.25) is 5.91 Å². The third kappa shape index (κ3) is 11.5. The van der Waals surface area contributed by atoms with E-state index >= 15 is 0 Å². The predicted octanol–water partition coefficient (Wildman–Crippen LogP) is -0.687. The fourth-order valence-electron chi connectivity index (χ4n) is 3.03. The van der Waals surface area contributed by atoms with Crippen LogP contribution in [0.3, 0.4) is 0 Å². The van der Waals surface area contributed by atoms with E-state index in [1.54, 1.807) is 0 Å². The van der Waals surface area contributed by atoms with Crippen molar-refractivity contribution in [1.29, 1.82) is 0 Å². The average Bonchev–Trinajstić information content (AvgIpc) is 2.67. The minimum Gasteiger partial charge on any atom is -0.388 e. The van der Waals surface area contributed by atoms with Crippen molar-refractivity contribution in [3.63, 3.8) is 0 Å². The summed E-state index contributed by atoms with van der Waals surface area (Å²) < 4.78 is 34.0. The van der Waals surface area contributed by atoms with Gasteiger partial charge in [0.05, 0.1) is 27.7 Å². The monoisotopic (exact) mass is 486 g/mol. The molecule has 1 fully saturated rings. The van der Waals surface area contributed by atoms with Crippen LogP contribution >= 0.6 is 7.82 Å². The topological polar surface area (TPSA) is 170 Å². The molecule has 32 heavy (non-hydrogen) atoms. The molecular weight excluding hydrogens is 445 g/mol. The largest absolute Gasteiger partial charge is 0.472 e. The average molecular weight is 487 g/mol. The number of hydrogen-bond donors (Lipinski definition) is 5. The maximum atomic E-state index is 12.1. The van der Waals surface area contributed by atoms with Crippen LogP contribution in [0.15, 0.2) is 0 Å². The van der Waals surface area contributed by atoms with Gasteiger partial charge in [0.25, 0.3) is 0 Å². The van der Waals surface area contributed by atoms with Gasteiger partial charge in [0.1, 0.15) is 37.5 Å². The van der Waals surface area contributed by atoms with E-state index in [1.807, 2.05) is 21.1 Å². The number of ether oxygens (including phenoxy) is 2. The Labute approximate surface area is 190 Å². The fourth-order valence-corrected chi connectivity index (χ4v) is 3.76. The highest BCUT2D eigenvalue weighted by atomic mass is 31.2. The number of hydrogen-bond acceptors (Lipinski definition) is 9. The van der Waals surface area contributed by atoms with Gasteiger partial charge in [-0.05, 0) is 19.4 Å². The smallest absolute Gasteiger partial charge is 0.388 e. The van der Waals surface area contributed by atoms with Crippen LogP contribution in [-0.2, 0) is 27.9 Å². The van der Waals surface area contributed by atoms with Crippen LogP contribution in [0.25, 0.3) is 0 Å². The van der Waals surface area contributed by atoms with Gasteiger partial charge in [-0.1, -0.05) is 12.8 Å². The summed E-state index contributed by atoms with van der Waals surface area (Å²) in [6, 6.07) is -1.01. The Bertz CT molecular complexity index is 605. The number of phosphoric ester groups is 1. The molecule has 0 aromatic rings. The van der Waals surface area contributed by atoms with Gasteiger partial charge in [-0.15, -0.1) is 0 Å². The molecule has 0 radical (unpaired) electrons. The molecule has 1 aliphatic heterocycles. The standard InChI is InChI=1S/C19H40N3O9P/c1-14(23)21-16-18(25)17(24)15(31-19(16)28-11-8-6-5-7-9-20)13-30-32(26,27)29-12-10-22(2,3)4/h15-19,24-25H,5-13,20H2,1-4H3,(H-,21,23,26,27)/p+1/t15-,16-,17+,18-,19-/m1/s1. The molecule has 1 heterocycles. The summed E-state index contributed by atoms with van der Waals surface area (Å²) in [7, 11) is 1.33. The number of aliphatic hydroxyl groups excluding tert-OH is 2. The first-order valence-electron chi connectivity index (χ1n) is 10.9. The van der Waals surface area contributed by atoms with Crippen LogP contribution in [0.1, 0.15) is 32.6 Å². The van der Waals surface area contributed by atoms with Gasteiger partial charge in [-0.25, -0.2) is 4.57 Å². The van der Waals surface area contributed by atoms with Crippen LogP contribution in [0.2, 0.25) is 0 Å². The molecule has 12 nitrogen and oxygen atoms in total. The summed E-state index contributed by atoms with van der Waals surface area (Å²) in [6.07, 6.45) is -1.67. The van der Waals surface area contributed by atoms with E-state index < -0.39 is 51.0 Å². The van der Waals surface area contributed by atoms with Gasteiger partial charge < -0.3 is 40.1 Å². The number of phosphoric acid groups is 1. The van der Waals surface area contributed by atoms with Gasteiger partial charge >= 0.3 is 7.82 Å². The highest BCUT2D eigenvalue weighted by Gasteiger charge is 2.46. The third-order valence-electron chi connectivity index (χ3n) is 4.87. The Kier molecular flexibility index (Phi) is 12.8. The molecule has 0 bridgehead atoms. The zero-order chi connectivity index (χ0) is 24.4. The Balaban J connectivity index is 2.66. The van der Waals surface area contributed by atoms with Crippen molar-refractivity contribution in [3.05, 3.63) is 0 Å². The van der Waals surface area contributed by atoms with E-state index in [9.17, 15) is 24.5 Å². The second kappa shape index (κ2) is 13.9. The third-order valence-corrected chi connectivity index (χ3v) is 5.85. The summed E-state index contributed by atoms with van der Waals surface area (Å²) in [5.41, 5.74) is 5.47. The highest BCUT2D eigenvalue weighted by molar-refractivity contribution is 7.47. The van der Waals surface area contributed by atoms with Crippen LogP contribution in [0.4, 0.5) is 0 Å². The zero-order valence-corrected chi connectivity index (χ0v) is 20.4. The van der Waals surface area contributed by atoms with Crippen molar-refractivity contribution in [1.82, 2.24) is 5.32 Å². The predicted molar refractivity (Wildman–Crippen MR) is 116 cm³/mol. The number of amides is 1. The van der Waals surface area contributed by atoms with E-state index in [1.165, 1.54) is 6.92 Å². The number of carbonyl (C=O) groups is 1. The maximum Gasteiger partial charge on any atom is 0.472 e. The molecule has 0 aromatic heterocycles. The number of nitrogens with zero attached hydrogens (tertiary/aromatic N) is 1. The Morgan fingerprint density at radius 3 is 2.34 bits per heavy atom. The quantitative estimate of drug-likeness (QED) is 0.113. The van der Waals surface area contributed by atoms with Gasteiger partial charge in [0, 0.05) is 13.5 Å². The molecule has 0 aliphatic carbocycles. The lowest BCUT2D eigenvalue weighted by Gasteiger charge is -2.42. The number of rotatable bonds is 15. The number of likely N-dealkylation sites (N-methyl/N-ethyl adjacent to an activating group) is 1. The first-order valence-corrected chi connectivity index (χ1v) is 12.4. The highest BCUT2D eigenvalue weighted by Crippen LogP contribution is 2.43. The lowest BCUT2D eigenvalue weighted by atomic mass is 9.97. The summed E-state index contributed by atoms with van der Waals surface area (Å²) in [4.78, 5) is 21.4. The summed E-state index contributed by atoms with van der Waals surface area (Å²) in [5, 5.41) is 23.4.